The van der Waals surface area contributed by atoms with E-state index < -0.39 is 20.5 Å². The molecule has 39 heavy (non-hydrogen) atoms. The van der Waals surface area contributed by atoms with Crippen LogP contribution in [0.4, 0.5) is 0 Å². The minimum atomic E-state index is -4.94. The average molecular weight is 634 g/mol. The third-order valence-corrected chi connectivity index (χ3v) is 3.82. The van der Waals surface area contributed by atoms with E-state index in [1.54, 1.807) is 36.7 Å². The van der Waals surface area contributed by atoms with Gasteiger partial charge in [0.05, 0.1) is 22.8 Å². The molecule has 18 heteroatoms. The first-order chi connectivity index (χ1) is 16.8. The summed E-state index contributed by atoms with van der Waals surface area (Å²) in [6.45, 7) is 0. The molecule has 0 saturated heterocycles. The van der Waals surface area contributed by atoms with Gasteiger partial charge in [-0.15, -0.1) is 20.5 Å². The van der Waals surface area contributed by atoms with E-state index >= 15 is 0 Å². The van der Waals surface area contributed by atoms with Crippen molar-refractivity contribution in [2.75, 3.05) is 0 Å². The zero-order chi connectivity index (χ0) is 26.8. The first-order valence-corrected chi connectivity index (χ1v) is 11.8. The van der Waals surface area contributed by atoms with E-state index in [1.165, 1.54) is 0 Å². The molecule has 0 saturated carbocycles. The van der Waals surface area contributed by atoms with Crippen molar-refractivity contribution < 1.29 is 90.3 Å². The van der Waals surface area contributed by atoms with Crippen molar-refractivity contribution in [1.82, 2.24) is 19.9 Å². The Balaban J connectivity index is 0. The van der Waals surface area contributed by atoms with Gasteiger partial charge in [-0.25, -0.2) is 47.2 Å². The summed E-state index contributed by atoms with van der Waals surface area (Å²) in [4.78, 5) is 30.3. The minimum Gasteiger partial charge on any atom is -0.457 e. The van der Waals surface area contributed by atoms with Crippen LogP contribution in [0, 0.1) is 20.5 Å². The van der Waals surface area contributed by atoms with Crippen molar-refractivity contribution in [1.29, 1.82) is 0 Å². The number of hydrogen-bond acceptors (Lipinski definition) is 13. The maximum atomic E-state index is 12.8. The molecule has 0 aliphatic carbocycles. The summed E-state index contributed by atoms with van der Waals surface area (Å²) >= 11 is 0. The molecule has 6 N–H and O–H groups in total. The van der Waals surface area contributed by atoms with Gasteiger partial charge in [0.15, 0.2) is 0 Å². The molecule has 211 valence electrons. The number of rotatable bonds is 4. The molecule has 0 bridgehead atoms. The van der Waals surface area contributed by atoms with Gasteiger partial charge < -0.3 is 11.0 Å². The molecular weight excluding hydrogens is 614 g/mol. The summed E-state index contributed by atoms with van der Waals surface area (Å²) < 4.78 is 67.9. The van der Waals surface area contributed by atoms with Crippen molar-refractivity contribution in [2.45, 2.75) is 0 Å². The Hall–Kier alpha value is -3.04. The van der Waals surface area contributed by atoms with Gasteiger partial charge in [0.2, 0.25) is 5.78 Å². The van der Waals surface area contributed by atoms with Crippen LogP contribution in [-0.4, -0.2) is 25.7 Å². The second-order valence-electron chi connectivity index (χ2n) is 6.33. The van der Waals surface area contributed by atoms with E-state index in [0.717, 1.165) is 11.4 Å². The number of carbonyl (C=O) groups is 1. The molecule has 15 nitrogen and oxygen atoms in total. The Morgan fingerprint density at radius 2 is 0.821 bits per heavy atom. The number of ketones is 1. The Morgan fingerprint density at radius 1 is 0.513 bits per heavy atom. The van der Waals surface area contributed by atoms with Gasteiger partial charge in [0.25, 0.3) is 0 Å². The Bertz CT molecular complexity index is 1160. The van der Waals surface area contributed by atoms with Gasteiger partial charge in [-0.1, -0.05) is 24.3 Å². The summed E-state index contributed by atoms with van der Waals surface area (Å²) in [6.07, 6.45) is 3.40. The van der Waals surface area contributed by atoms with E-state index in [1.807, 2.05) is 48.5 Å². The van der Waals surface area contributed by atoms with Gasteiger partial charge in [-0.05, 0) is 48.5 Å². The summed E-state index contributed by atoms with van der Waals surface area (Å²) in [5.41, 5.74) is 3.40. The minimum absolute atomic E-state index is 0. The van der Waals surface area contributed by atoms with Gasteiger partial charge in [0.1, 0.15) is 11.4 Å². The second-order valence-corrected chi connectivity index (χ2v) is 7.84. The molecule has 4 aromatic heterocycles. The molecular formula is C21H20Cl2CoN4O11+2. The van der Waals surface area contributed by atoms with Crippen LogP contribution in [0.25, 0.3) is 22.8 Å². The van der Waals surface area contributed by atoms with Crippen LogP contribution in [-0.2, 0) is 27.7 Å². The molecule has 0 aliphatic rings. The fraction of sp³-hybridized carbons (Fsp3) is 0. The molecule has 0 aromatic carbocycles. The van der Waals surface area contributed by atoms with Gasteiger partial charge in [0, 0.05) is 12.4 Å². The summed E-state index contributed by atoms with van der Waals surface area (Å²) in [5, 5.41) is 0. The first kappa shape index (κ1) is 38.1. The fourth-order valence-electron chi connectivity index (χ4n) is 2.57. The molecule has 0 spiro atoms. The molecule has 0 amide bonds. The number of carbonyl (C=O) groups excluding carboxylic acids is 1. The predicted molar refractivity (Wildman–Crippen MR) is 108 cm³/mol. The average Bonchev–Trinajstić information content (AvgIpc) is 2.83. The SMILES string of the molecule is O=C(c1cccc(-c2ccccn2)n1)c1cccc(-c2ccccn2)n1.[Co+2].[O-][Cl+3]([O-])([O-])[O-].[O-][Cl+3]([O-])([O-])[O-].[OH3+].[OH3+]. The zero-order valence-corrected chi connectivity index (χ0v) is 21.8. The molecule has 1 radical (unpaired) electrons. The van der Waals surface area contributed by atoms with E-state index in [4.69, 9.17) is 37.3 Å². The zero-order valence-electron chi connectivity index (χ0n) is 19.3. The Kier molecular flexibility index (Phi) is 17.1. The smallest absolute Gasteiger partial charge is 0.457 e. The summed E-state index contributed by atoms with van der Waals surface area (Å²) in [6, 6.07) is 21.8. The number of nitrogens with zero attached hydrogens (tertiary/aromatic N) is 4. The molecule has 4 aromatic rings. The van der Waals surface area contributed by atoms with Gasteiger partial charge in [-0.2, -0.15) is 0 Å². The van der Waals surface area contributed by atoms with Crippen LogP contribution in [0.3, 0.4) is 0 Å². The van der Waals surface area contributed by atoms with Crippen molar-refractivity contribution in [3.8, 4) is 22.8 Å². The van der Waals surface area contributed by atoms with Crippen LogP contribution in [0.5, 0.6) is 0 Å². The predicted octanol–water partition coefficient (Wildman–Crippen LogP) is -7.53. The molecule has 4 rings (SSSR count). The normalized spacial score (nSPS) is 10.1. The van der Waals surface area contributed by atoms with Gasteiger partial charge in [-0.3, -0.25) is 14.8 Å². The van der Waals surface area contributed by atoms with E-state index in [9.17, 15) is 4.79 Å². The summed E-state index contributed by atoms with van der Waals surface area (Å²) in [5.74, 6) is -0.236. The van der Waals surface area contributed by atoms with Crippen LogP contribution in [0.2, 0.25) is 0 Å². The Morgan fingerprint density at radius 3 is 1.10 bits per heavy atom. The van der Waals surface area contributed by atoms with Crippen LogP contribution in [0.15, 0.2) is 85.2 Å². The van der Waals surface area contributed by atoms with E-state index in [-0.39, 0.29) is 33.5 Å². The van der Waals surface area contributed by atoms with Crippen LogP contribution in [0.1, 0.15) is 16.2 Å². The Labute approximate surface area is 235 Å². The third-order valence-electron chi connectivity index (χ3n) is 3.82. The fourth-order valence-corrected chi connectivity index (χ4v) is 2.57. The van der Waals surface area contributed by atoms with E-state index in [0.29, 0.717) is 22.8 Å². The number of aromatic nitrogens is 4. The monoisotopic (exact) mass is 633 g/mol. The molecule has 4 heterocycles. The first-order valence-electron chi connectivity index (χ1n) is 9.36. The standard InChI is InChI=1S/C21H14N4O.2ClHO4.Co.2H2O/c26-21(19-11-5-9-17(24-19)15-7-1-3-13-22-15)20-12-6-10-18(25-20)16-8-2-4-14-23-16;2*2-1(3,4)5;;;/h1-14H;2*(H,2,3,4,5);;2*1H2/q;;;+2;;. The summed E-state index contributed by atoms with van der Waals surface area (Å²) in [7, 11) is -9.89. The maximum Gasteiger partial charge on any atom is 2.00 e. The van der Waals surface area contributed by atoms with Gasteiger partial charge >= 0.3 is 16.8 Å². The molecule has 0 atom stereocenters. The van der Waals surface area contributed by atoms with Crippen molar-refractivity contribution >= 4 is 5.78 Å². The topological polar surface area (TPSA) is 319 Å². The quantitative estimate of drug-likeness (QED) is 0.149. The molecule has 0 unspecified atom stereocenters. The third kappa shape index (κ3) is 15.8. The van der Waals surface area contributed by atoms with Crippen molar-refractivity contribution in [2.24, 2.45) is 0 Å². The molecule has 0 aliphatic heterocycles. The maximum absolute atomic E-state index is 12.8. The number of pyridine rings is 4. The number of hydrogen-bond donors (Lipinski definition) is 0. The second kappa shape index (κ2) is 17.5. The van der Waals surface area contributed by atoms with Crippen molar-refractivity contribution in [3.05, 3.63) is 96.6 Å². The largest absolute Gasteiger partial charge is 2.00 e. The van der Waals surface area contributed by atoms with Crippen LogP contribution >= 0.6 is 0 Å². The van der Waals surface area contributed by atoms with Crippen molar-refractivity contribution in [3.63, 3.8) is 0 Å². The number of halogens is 2. The van der Waals surface area contributed by atoms with E-state index in [2.05, 4.69) is 19.9 Å². The molecule has 0 fully saturated rings. The van der Waals surface area contributed by atoms with Crippen LogP contribution < -0.4 is 37.3 Å².